The van der Waals surface area contributed by atoms with E-state index in [1.54, 1.807) is 0 Å². The number of imide groups is 1. The van der Waals surface area contributed by atoms with Gasteiger partial charge in [0, 0.05) is 6.20 Å². The molecule has 2 N–H and O–H groups in total. The number of carbonyl (C=O) groups is 3. The summed E-state index contributed by atoms with van der Waals surface area (Å²) in [7, 11) is 0. The summed E-state index contributed by atoms with van der Waals surface area (Å²) in [6.45, 7) is 0.0658. The fraction of sp³-hybridized carbons (Fsp3) is 0.200. The third kappa shape index (κ3) is 2.39. The Balaban J connectivity index is 2.19. The Kier molecular flexibility index (Phi) is 2.73. The van der Waals surface area contributed by atoms with Crippen molar-refractivity contribution in [2.75, 3.05) is 18.0 Å². The van der Waals surface area contributed by atoms with E-state index < -0.39 is 17.8 Å². The number of hydrogen-bond donors (Lipinski definition) is 2. The first-order valence-electron chi connectivity index (χ1n) is 4.83. The molecule has 0 atom stereocenters. The molecule has 2 heterocycles. The van der Waals surface area contributed by atoms with Crippen LogP contribution < -0.4 is 10.2 Å². The molecule has 0 spiro atoms. The van der Waals surface area contributed by atoms with E-state index >= 15 is 0 Å². The molecule has 7 nitrogen and oxygen atoms in total. The van der Waals surface area contributed by atoms with E-state index in [4.69, 9.17) is 5.11 Å². The van der Waals surface area contributed by atoms with Crippen molar-refractivity contribution in [3.05, 3.63) is 23.9 Å². The molecule has 17 heavy (non-hydrogen) atoms. The number of aromatic nitrogens is 1. The number of piperazine rings is 1. The minimum absolute atomic E-state index is 0.0329. The predicted octanol–water partition coefficient (Wildman–Crippen LogP) is -0.757. The minimum Gasteiger partial charge on any atom is -0.478 e. The third-order valence-corrected chi connectivity index (χ3v) is 2.27. The van der Waals surface area contributed by atoms with E-state index in [-0.39, 0.29) is 18.7 Å². The fourth-order valence-corrected chi connectivity index (χ4v) is 1.50. The first kappa shape index (κ1) is 11.1. The van der Waals surface area contributed by atoms with Gasteiger partial charge >= 0.3 is 5.97 Å². The predicted molar refractivity (Wildman–Crippen MR) is 56.6 cm³/mol. The van der Waals surface area contributed by atoms with Crippen LogP contribution in [0.5, 0.6) is 0 Å². The highest BCUT2D eigenvalue weighted by Crippen LogP contribution is 2.12. The first-order chi connectivity index (χ1) is 8.06. The van der Waals surface area contributed by atoms with Crippen molar-refractivity contribution in [3.63, 3.8) is 0 Å². The maximum absolute atomic E-state index is 11.1. The van der Waals surface area contributed by atoms with E-state index in [1.807, 2.05) is 0 Å². The average Bonchev–Trinajstić information content (AvgIpc) is 2.28. The van der Waals surface area contributed by atoms with Crippen LogP contribution in [0.2, 0.25) is 0 Å². The lowest BCUT2D eigenvalue weighted by molar-refractivity contribution is -0.130. The van der Waals surface area contributed by atoms with Gasteiger partial charge in [-0.2, -0.15) is 0 Å². The van der Waals surface area contributed by atoms with Gasteiger partial charge in [0.1, 0.15) is 5.82 Å². The average molecular weight is 235 g/mol. The number of carbonyl (C=O) groups excluding carboxylic acids is 2. The molecular formula is C10H9N3O4. The first-order valence-corrected chi connectivity index (χ1v) is 4.83. The van der Waals surface area contributed by atoms with Gasteiger partial charge in [-0.1, -0.05) is 0 Å². The Bertz CT molecular complexity index is 467. The normalized spacial score (nSPS) is 15.6. The largest absolute Gasteiger partial charge is 0.478 e. The molecule has 1 aliphatic heterocycles. The lowest BCUT2D eigenvalue weighted by Gasteiger charge is -2.26. The molecule has 7 heteroatoms. The van der Waals surface area contributed by atoms with Gasteiger partial charge in [0.2, 0.25) is 11.8 Å². The van der Waals surface area contributed by atoms with Crippen molar-refractivity contribution in [3.8, 4) is 0 Å². The van der Waals surface area contributed by atoms with E-state index in [1.165, 1.54) is 23.2 Å². The maximum Gasteiger partial charge on any atom is 0.337 e. The van der Waals surface area contributed by atoms with Gasteiger partial charge in [0.05, 0.1) is 18.7 Å². The Hall–Kier alpha value is -2.44. The summed E-state index contributed by atoms with van der Waals surface area (Å²) >= 11 is 0. The zero-order valence-electron chi connectivity index (χ0n) is 8.71. The standard InChI is InChI=1S/C10H9N3O4/c14-8-4-13(5-9(15)12-8)7-2-1-6(3-11-7)10(16)17/h1-3H,4-5H2,(H,16,17)(H,12,14,15). The van der Waals surface area contributed by atoms with Crippen molar-refractivity contribution >= 4 is 23.6 Å². The summed E-state index contributed by atoms with van der Waals surface area (Å²) in [5.41, 5.74) is 0.0570. The third-order valence-electron chi connectivity index (χ3n) is 2.27. The number of nitrogens with zero attached hydrogens (tertiary/aromatic N) is 2. The zero-order valence-corrected chi connectivity index (χ0v) is 8.71. The molecule has 2 rings (SSSR count). The lowest BCUT2D eigenvalue weighted by atomic mass is 10.2. The van der Waals surface area contributed by atoms with Gasteiger partial charge in [-0.05, 0) is 12.1 Å². The molecule has 0 saturated carbocycles. The van der Waals surface area contributed by atoms with E-state index in [0.29, 0.717) is 5.82 Å². The number of hydrogen-bond acceptors (Lipinski definition) is 5. The number of carboxylic acid groups (broad SMARTS) is 1. The Morgan fingerprint density at radius 3 is 2.41 bits per heavy atom. The van der Waals surface area contributed by atoms with Crippen molar-refractivity contribution in [2.45, 2.75) is 0 Å². The van der Waals surface area contributed by atoms with Crippen LogP contribution in [0.25, 0.3) is 0 Å². The SMILES string of the molecule is O=C1CN(c2ccc(C(=O)O)cn2)CC(=O)N1. The van der Waals surface area contributed by atoms with Crippen LogP contribution in [0.4, 0.5) is 5.82 Å². The highest BCUT2D eigenvalue weighted by molar-refractivity contribution is 6.02. The number of aromatic carboxylic acids is 1. The second-order valence-corrected chi connectivity index (χ2v) is 3.54. The van der Waals surface area contributed by atoms with Crippen LogP contribution in [0.1, 0.15) is 10.4 Å². The van der Waals surface area contributed by atoms with E-state index in [9.17, 15) is 14.4 Å². The maximum atomic E-state index is 11.1. The molecular weight excluding hydrogens is 226 g/mol. The molecule has 0 aliphatic carbocycles. The zero-order chi connectivity index (χ0) is 12.4. The summed E-state index contributed by atoms with van der Waals surface area (Å²) in [5.74, 6) is -1.47. The van der Waals surface area contributed by atoms with Gasteiger partial charge in [0.15, 0.2) is 0 Å². The number of amides is 2. The summed E-state index contributed by atoms with van der Waals surface area (Å²) in [5, 5.41) is 10.9. The molecule has 1 aliphatic rings. The van der Waals surface area contributed by atoms with Crippen LogP contribution in [-0.4, -0.2) is 41.0 Å². The topological polar surface area (TPSA) is 99.6 Å². The molecule has 1 aromatic heterocycles. The molecule has 0 bridgehead atoms. The molecule has 2 amide bonds. The second kappa shape index (κ2) is 4.20. The molecule has 0 radical (unpaired) electrons. The molecule has 1 aromatic rings. The number of pyridine rings is 1. The number of anilines is 1. The molecule has 0 unspecified atom stereocenters. The number of nitrogens with one attached hydrogen (secondary N) is 1. The Morgan fingerprint density at radius 2 is 1.94 bits per heavy atom. The highest BCUT2D eigenvalue weighted by atomic mass is 16.4. The van der Waals surface area contributed by atoms with E-state index in [2.05, 4.69) is 10.3 Å². The van der Waals surface area contributed by atoms with Crippen molar-refractivity contribution in [1.29, 1.82) is 0 Å². The second-order valence-electron chi connectivity index (χ2n) is 3.54. The van der Waals surface area contributed by atoms with Crippen LogP contribution in [0, 0.1) is 0 Å². The molecule has 1 fully saturated rings. The van der Waals surface area contributed by atoms with E-state index in [0.717, 1.165) is 0 Å². The van der Waals surface area contributed by atoms with Gasteiger partial charge < -0.3 is 10.0 Å². The highest BCUT2D eigenvalue weighted by Gasteiger charge is 2.23. The van der Waals surface area contributed by atoms with Crippen molar-refractivity contribution < 1.29 is 19.5 Å². The summed E-state index contributed by atoms with van der Waals surface area (Å²) in [6, 6.07) is 2.84. The van der Waals surface area contributed by atoms with Gasteiger partial charge in [-0.3, -0.25) is 14.9 Å². The van der Waals surface area contributed by atoms with Crippen LogP contribution in [0.3, 0.4) is 0 Å². The quantitative estimate of drug-likeness (QED) is 0.654. The number of rotatable bonds is 2. The summed E-state index contributed by atoms with van der Waals surface area (Å²) in [6.07, 6.45) is 1.19. The smallest absolute Gasteiger partial charge is 0.337 e. The monoisotopic (exact) mass is 235 g/mol. The molecule has 1 saturated heterocycles. The van der Waals surface area contributed by atoms with Crippen molar-refractivity contribution in [1.82, 2.24) is 10.3 Å². The van der Waals surface area contributed by atoms with Gasteiger partial charge in [-0.15, -0.1) is 0 Å². The summed E-state index contributed by atoms with van der Waals surface area (Å²) in [4.78, 5) is 38.3. The molecule has 88 valence electrons. The van der Waals surface area contributed by atoms with Crippen LogP contribution in [0.15, 0.2) is 18.3 Å². The van der Waals surface area contributed by atoms with Crippen molar-refractivity contribution in [2.24, 2.45) is 0 Å². The van der Waals surface area contributed by atoms with Crippen LogP contribution >= 0.6 is 0 Å². The Labute approximate surface area is 96.1 Å². The number of carboxylic acids is 1. The van der Waals surface area contributed by atoms with Crippen LogP contribution in [-0.2, 0) is 9.59 Å². The lowest BCUT2D eigenvalue weighted by Crippen LogP contribution is -2.51. The Morgan fingerprint density at radius 1 is 1.29 bits per heavy atom. The summed E-state index contributed by atoms with van der Waals surface area (Å²) < 4.78 is 0. The molecule has 0 aromatic carbocycles. The fourth-order valence-electron chi connectivity index (χ4n) is 1.50. The van der Waals surface area contributed by atoms with Gasteiger partial charge in [0.25, 0.3) is 0 Å². The van der Waals surface area contributed by atoms with Gasteiger partial charge in [-0.25, -0.2) is 9.78 Å². The minimum atomic E-state index is -1.07.